The summed E-state index contributed by atoms with van der Waals surface area (Å²) in [7, 11) is 0. The molecule has 0 saturated carbocycles. The van der Waals surface area contributed by atoms with Crippen molar-refractivity contribution in [2.75, 3.05) is 25.1 Å². The van der Waals surface area contributed by atoms with Crippen molar-refractivity contribution in [3.8, 4) is 5.75 Å². The van der Waals surface area contributed by atoms with Gasteiger partial charge in [-0.2, -0.15) is 5.10 Å². The first-order chi connectivity index (χ1) is 16.2. The molecule has 0 saturated heterocycles. The largest absolute Gasteiger partial charge is 0.483 e. The number of halogens is 2. The second-order valence-electron chi connectivity index (χ2n) is 7.25. The van der Waals surface area contributed by atoms with Gasteiger partial charge in [0.2, 0.25) is 0 Å². The third kappa shape index (κ3) is 10.3. The van der Waals surface area contributed by atoms with Crippen LogP contribution in [0, 0.1) is 0 Å². The van der Waals surface area contributed by atoms with E-state index in [9.17, 15) is 14.4 Å². The number of benzene rings is 2. The molecule has 0 bridgehead atoms. The van der Waals surface area contributed by atoms with Gasteiger partial charge < -0.3 is 20.1 Å². The monoisotopic (exact) mass is 552 g/mol. The Morgan fingerprint density at radius 2 is 1.85 bits per heavy atom. The zero-order valence-electron chi connectivity index (χ0n) is 18.8. The average molecular weight is 554 g/mol. The average Bonchev–Trinajstić information content (AvgIpc) is 2.79. The third-order valence-electron chi connectivity index (χ3n) is 4.09. The summed E-state index contributed by atoms with van der Waals surface area (Å²) in [6.45, 7) is 4.38. The van der Waals surface area contributed by atoms with Crippen LogP contribution in [0.1, 0.15) is 25.8 Å². The van der Waals surface area contributed by atoms with Crippen molar-refractivity contribution < 1.29 is 23.9 Å². The van der Waals surface area contributed by atoms with Crippen LogP contribution >= 0.6 is 27.5 Å². The number of ether oxygens (including phenoxy) is 2. The molecule has 9 nitrogen and oxygen atoms in total. The highest BCUT2D eigenvalue weighted by Gasteiger charge is 2.12. The van der Waals surface area contributed by atoms with E-state index in [0.717, 1.165) is 4.47 Å². The van der Waals surface area contributed by atoms with Gasteiger partial charge in [-0.15, -0.1) is 0 Å². The molecule has 34 heavy (non-hydrogen) atoms. The number of carbonyl (C=O) groups is 3. The lowest BCUT2D eigenvalue weighted by Crippen LogP contribution is -2.38. The summed E-state index contributed by atoms with van der Waals surface area (Å²) >= 11 is 9.19. The van der Waals surface area contributed by atoms with Crippen molar-refractivity contribution in [2.24, 2.45) is 5.10 Å². The Labute approximate surface area is 211 Å². The summed E-state index contributed by atoms with van der Waals surface area (Å²) in [6, 6.07) is 11.8. The molecule has 0 heterocycles. The molecule has 182 valence electrons. The minimum absolute atomic E-state index is 0.109. The van der Waals surface area contributed by atoms with E-state index in [4.69, 9.17) is 21.1 Å². The summed E-state index contributed by atoms with van der Waals surface area (Å²) in [4.78, 5) is 35.9. The fraction of sp³-hybridized carbons (Fsp3) is 0.304. The summed E-state index contributed by atoms with van der Waals surface area (Å²) in [5.41, 5.74) is 3.24. The lowest BCUT2D eigenvalue weighted by molar-refractivity contribution is -0.139. The molecule has 2 aromatic carbocycles. The second-order valence-corrected chi connectivity index (χ2v) is 8.61. The quantitative estimate of drug-likeness (QED) is 0.170. The molecule has 3 N–H and O–H groups in total. The van der Waals surface area contributed by atoms with Gasteiger partial charge in [-0.1, -0.05) is 27.5 Å². The number of anilines is 1. The van der Waals surface area contributed by atoms with Crippen molar-refractivity contribution in [1.82, 2.24) is 10.7 Å². The van der Waals surface area contributed by atoms with Gasteiger partial charge in [-0.25, -0.2) is 5.43 Å². The number of nitrogens with zero attached hydrogens (tertiary/aromatic N) is 1. The first kappa shape index (κ1) is 27.3. The number of hydrazone groups is 1. The number of carbonyl (C=O) groups excluding carboxylic acids is 3. The van der Waals surface area contributed by atoms with Gasteiger partial charge in [0.05, 0.1) is 12.3 Å². The van der Waals surface area contributed by atoms with Gasteiger partial charge in [0, 0.05) is 33.9 Å². The SMILES string of the molecule is CC(C)OCCCNC(=O)C(=O)N/N=C\c1cc(Br)ccc1OCC(=O)Nc1ccc(Cl)cc1. The molecule has 0 aromatic heterocycles. The maximum Gasteiger partial charge on any atom is 0.329 e. The van der Waals surface area contributed by atoms with E-state index in [1.54, 1.807) is 42.5 Å². The van der Waals surface area contributed by atoms with Crippen LogP contribution in [0.25, 0.3) is 0 Å². The smallest absolute Gasteiger partial charge is 0.329 e. The molecular weight excluding hydrogens is 528 g/mol. The van der Waals surface area contributed by atoms with E-state index in [-0.39, 0.29) is 18.6 Å². The summed E-state index contributed by atoms with van der Waals surface area (Å²) in [6.07, 6.45) is 2.02. The minimum atomic E-state index is -0.902. The van der Waals surface area contributed by atoms with Gasteiger partial charge in [0.15, 0.2) is 6.61 Å². The maximum atomic E-state index is 12.2. The molecule has 0 radical (unpaired) electrons. The van der Waals surface area contributed by atoms with E-state index in [2.05, 4.69) is 37.1 Å². The third-order valence-corrected chi connectivity index (χ3v) is 4.84. The molecule has 0 spiro atoms. The first-order valence-electron chi connectivity index (χ1n) is 10.4. The summed E-state index contributed by atoms with van der Waals surface area (Å²) in [5, 5.41) is 9.56. The molecule has 2 aromatic rings. The number of amides is 3. The van der Waals surface area contributed by atoms with Crippen molar-refractivity contribution in [3.05, 3.63) is 57.5 Å². The van der Waals surface area contributed by atoms with Crippen LogP contribution in [0.4, 0.5) is 5.69 Å². The Hall–Kier alpha value is -2.95. The van der Waals surface area contributed by atoms with Crippen molar-refractivity contribution >= 4 is 57.2 Å². The molecule has 0 aliphatic heterocycles. The van der Waals surface area contributed by atoms with Crippen LogP contribution in [0.2, 0.25) is 5.02 Å². The van der Waals surface area contributed by atoms with E-state index < -0.39 is 11.8 Å². The number of nitrogens with one attached hydrogen (secondary N) is 3. The van der Waals surface area contributed by atoms with Crippen LogP contribution in [-0.4, -0.2) is 49.8 Å². The normalized spacial score (nSPS) is 10.9. The summed E-state index contributed by atoms with van der Waals surface area (Å²) < 4.78 is 11.7. The number of hydrogen-bond acceptors (Lipinski definition) is 6. The van der Waals surface area contributed by atoms with Gasteiger partial charge >= 0.3 is 11.8 Å². The molecule has 3 amide bonds. The maximum absolute atomic E-state index is 12.2. The van der Waals surface area contributed by atoms with Crippen molar-refractivity contribution in [1.29, 1.82) is 0 Å². The topological polar surface area (TPSA) is 118 Å². The Kier molecular flexibility index (Phi) is 11.5. The molecule has 0 aliphatic rings. The minimum Gasteiger partial charge on any atom is -0.483 e. The molecule has 0 atom stereocenters. The Morgan fingerprint density at radius 3 is 2.56 bits per heavy atom. The van der Waals surface area contributed by atoms with E-state index in [0.29, 0.717) is 41.6 Å². The predicted molar refractivity (Wildman–Crippen MR) is 134 cm³/mol. The molecule has 0 aliphatic carbocycles. The first-order valence-corrected chi connectivity index (χ1v) is 11.6. The Bertz CT molecular complexity index is 1010. The number of rotatable bonds is 11. The molecule has 0 unspecified atom stereocenters. The second kappa shape index (κ2) is 14.3. The lowest BCUT2D eigenvalue weighted by Gasteiger charge is -2.10. The van der Waals surface area contributed by atoms with Gasteiger partial charge in [-0.05, 0) is 62.7 Å². The fourth-order valence-corrected chi connectivity index (χ4v) is 3.01. The predicted octanol–water partition coefficient (Wildman–Crippen LogP) is 3.50. The van der Waals surface area contributed by atoms with E-state index >= 15 is 0 Å². The lowest BCUT2D eigenvalue weighted by atomic mass is 10.2. The highest BCUT2D eigenvalue weighted by atomic mass is 79.9. The van der Waals surface area contributed by atoms with Crippen LogP contribution in [0.15, 0.2) is 52.0 Å². The zero-order valence-corrected chi connectivity index (χ0v) is 21.1. The Morgan fingerprint density at radius 1 is 1.12 bits per heavy atom. The summed E-state index contributed by atoms with van der Waals surface area (Å²) in [5.74, 6) is -1.70. The van der Waals surface area contributed by atoms with Crippen molar-refractivity contribution in [2.45, 2.75) is 26.4 Å². The molecular formula is C23H26BrClN4O5. The molecule has 11 heteroatoms. The zero-order chi connectivity index (χ0) is 24.9. The standard InChI is InChI=1S/C23H26BrClN4O5/c1-15(2)33-11-3-10-26-22(31)23(32)29-27-13-16-12-17(24)4-9-20(16)34-14-21(30)28-19-7-5-18(25)6-8-19/h4-9,12-13,15H,3,10-11,14H2,1-2H3,(H,26,31)(H,28,30)(H,29,32)/b27-13-. The van der Waals surface area contributed by atoms with E-state index in [1.165, 1.54) is 6.21 Å². The van der Waals surface area contributed by atoms with Crippen LogP contribution in [0.3, 0.4) is 0 Å². The van der Waals surface area contributed by atoms with Gasteiger partial charge in [0.25, 0.3) is 5.91 Å². The van der Waals surface area contributed by atoms with Gasteiger partial charge in [-0.3, -0.25) is 14.4 Å². The van der Waals surface area contributed by atoms with E-state index in [1.807, 2.05) is 13.8 Å². The Balaban J connectivity index is 1.85. The van der Waals surface area contributed by atoms with Crippen LogP contribution < -0.4 is 20.8 Å². The molecule has 2 rings (SSSR count). The van der Waals surface area contributed by atoms with Crippen molar-refractivity contribution in [3.63, 3.8) is 0 Å². The van der Waals surface area contributed by atoms with Crippen LogP contribution in [0.5, 0.6) is 5.75 Å². The van der Waals surface area contributed by atoms with Crippen LogP contribution in [-0.2, 0) is 19.1 Å². The van der Waals surface area contributed by atoms with Gasteiger partial charge in [0.1, 0.15) is 5.75 Å². The number of hydrogen-bond donors (Lipinski definition) is 3. The highest BCUT2D eigenvalue weighted by molar-refractivity contribution is 9.10. The highest BCUT2D eigenvalue weighted by Crippen LogP contribution is 2.22. The molecule has 0 fully saturated rings. The fourth-order valence-electron chi connectivity index (χ4n) is 2.51.